The number of hydrogen-bond acceptors (Lipinski definition) is 4. The van der Waals surface area contributed by atoms with E-state index >= 15 is 0 Å². The van der Waals surface area contributed by atoms with E-state index in [1.807, 2.05) is 42.2 Å². The number of alkyl halides is 3. The maximum absolute atomic E-state index is 12.8. The molecule has 2 aromatic rings. The largest absolute Gasteiger partial charge is 0.417 e. The van der Waals surface area contributed by atoms with Crippen LogP contribution in [0.2, 0.25) is 0 Å². The lowest BCUT2D eigenvalue weighted by Crippen LogP contribution is -2.54. The third-order valence-electron chi connectivity index (χ3n) is 5.09. The molecule has 1 aromatic heterocycles. The Kier molecular flexibility index (Phi) is 5.88. The van der Waals surface area contributed by atoms with Crippen molar-refractivity contribution in [3.05, 3.63) is 54.2 Å². The Labute approximate surface area is 162 Å². The molecule has 3 rings (SSSR count). The van der Waals surface area contributed by atoms with Crippen molar-refractivity contribution in [2.45, 2.75) is 19.1 Å². The minimum absolute atomic E-state index is 0.00676. The highest BCUT2D eigenvalue weighted by Gasteiger charge is 2.32. The Morgan fingerprint density at radius 2 is 1.71 bits per heavy atom. The van der Waals surface area contributed by atoms with E-state index in [0.29, 0.717) is 32.0 Å². The summed E-state index contributed by atoms with van der Waals surface area (Å²) < 4.78 is 38.0. The van der Waals surface area contributed by atoms with Crippen LogP contribution in [0.3, 0.4) is 0 Å². The quantitative estimate of drug-likeness (QED) is 0.801. The molecule has 0 bridgehead atoms. The summed E-state index contributed by atoms with van der Waals surface area (Å²) in [5.74, 6) is 0.528. The fraction of sp³-hybridized carbons (Fsp3) is 0.400. The van der Waals surface area contributed by atoms with Gasteiger partial charge < -0.3 is 9.80 Å². The fourth-order valence-electron chi connectivity index (χ4n) is 3.29. The van der Waals surface area contributed by atoms with Crippen LogP contribution in [-0.4, -0.2) is 55.1 Å². The Morgan fingerprint density at radius 3 is 2.25 bits per heavy atom. The molecule has 1 aliphatic heterocycles. The summed E-state index contributed by atoms with van der Waals surface area (Å²) in [6.07, 6.45) is -3.52. The van der Waals surface area contributed by atoms with Crippen molar-refractivity contribution in [3.8, 4) is 0 Å². The maximum atomic E-state index is 12.8. The summed E-state index contributed by atoms with van der Waals surface area (Å²) in [4.78, 5) is 22.4. The van der Waals surface area contributed by atoms with Crippen LogP contribution >= 0.6 is 0 Å². The lowest BCUT2D eigenvalue weighted by molar-refractivity contribution is -0.137. The molecule has 1 atom stereocenters. The Morgan fingerprint density at radius 1 is 1.07 bits per heavy atom. The molecule has 0 saturated carbocycles. The van der Waals surface area contributed by atoms with Gasteiger partial charge in [0.2, 0.25) is 5.91 Å². The molecule has 0 spiro atoms. The molecule has 28 heavy (non-hydrogen) atoms. The van der Waals surface area contributed by atoms with Gasteiger partial charge >= 0.3 is 6.18 Å². The van der Waals surface area contributed by atoms with Gasteiger partial charge in [0.1, 0.15) is 5.82 Å². The van der Waals surface area contributed by atoms with Crippen LogP contribution in [0.5, 0.6) is 0 Å². The van der Waals surface area contributed by atoms with Gasteiger partial charge in [0.05, 0.1) is 11.6 Å². The lowest BCUT2D eigenvalue weighted by Gasteiger charge is -2.39. The predicted octanol–water partition coefficient (Wildman–Crippen LogP) is 3.27. The number of rotatable bonds is 4. The minimum atomic E-state index is -4.38. The molecule has 0 N–H and O–H groups in total. The smallest absolute Gasteiger partial charge is 0.354 e. The van der Waals surface area contributed by atoms with Crippen LogP contribution in [0.4, 0.5) is 24.7 Å². The average Bonchev–Trinajstić information content (AvgIpc) is 2.72. The van der Waals surface area contributed by atoms with Crippen LogP contribution in [0.15, 0.2) is 48.7 Å². The zero-order chi connectivity index (χ0) is 20.3. The third kappa shape index (κ3) is 4.44. The van der Waals surface area contributed by atoms with Gasteiger partial charge in [0.25, 0.3) is 0 Å². The Hall–Kier alpha value is -2.61. The standard InChI is InChI=1S/C20H23F3N4O/c1-15(19(28)25(2)17-6-4-3-5-7-17)26-10-12-27(13-11-26)18-9-8-16(14-24-18)20(21,22)23/h3-9,14-15H,10-13H2,1-2H3/t15-/m1/s1. The maximum Gasteiger partial charge on any atom is 0.417 e. The molecule has 2 heterocycles. The number of likely N-dealkylation sites (N-methyl/N-ethyl adjacent to an activating group) is 1. The number of nitrogens with zero attached hydrogens (tertiary/aromatic N) is 4. The Bertz CT molecular complexity index is 787. The van der Waals surface area contributed by atoms with Crippen molar-refractivity contribution in [1.82, 2.24) is 9.88 Å². The Balaban J connectivity index is 1.58. The molecule has 1 fully saturated rings. The van der Waals surface area contributed by atoms with Crippen molar-refractivity contribution in [2.75, 3.05) is 43.0 Å². The average molecular weight is 392 g/mol. The summed E-state index contributed by atoms with van der Waals surface area (Å²) in [5.41, 5.74) is 0.0880. The molecule has 8 heteroatoms. The van der Waals surface area contributed by atoms with E-state index < -0.39 is 11.7 Å². The summed E-state index contributed by atoms with van der Waals surface area (Å²) in [5, 5.41) is 0. The summed E-state index contributed by atoms with van der Waals surface area (Å²) >= 11 is 0. The number of hydrogen-bond donors (Lipinski definition) is 0. The summed E-state index contributed by atoms with van der Waals surface area (Å²) in [7, 11) is 1.76. The molecule has 150 valence electrons. The second kappa shape index (κ2) is 8.18. The fourth-order valence-corrected chi connectivity index (χ4v) is 3.29. The van der Waals surface area contributed by atoms with Crippen LogP contribution in [0.25, 0.3) is 0 Å². The minimum Gasteiger partial charge on any atom is -0.354 e. The van der Waals surface area contributed by atoms with Crippen LogP contribution < -0.4 is 9.80 Å². The first kappa shape index (κ1) is 20.1. The molecule has 1 saturated heterocycles. The number of amides is 1. The second-order valence-corrected chi connectivity index (χ2v) is 6.83. The first-order valence-corrected chi connectivity index (χ1v) is 9.12. The number of anilines is 2. The van der Waals surface area contributed by atoms with Crippen molar-refractivity contribution >= 4 is 17.4 Å². The van der Waals surface area contributed by atoms with Crippen molar-refractivity contribution in [2.24, 2.45) is 0 Å². The van der Waals surface area contributed by atoms with Crippen molar-refractivity contribution < 1.29 is 18.0 Å². The van der Waals surface area contributed by atoms with Crippen molar-refractivity contribution in [1.29, 1.82) is 0 Å². The van der Waals surface area contributed by atoms with Gasteiger partial charge in [0, 0.05) is 45.1 Å². The number of aromatic nitrogens is 1. The molecule has 1 amide bonds. The molecular formula is C20H23F3N4O. The highest BCUT2D eigenvalue weighted by atomic mass is 19.4. The van der Waals surface area contributed by atoms with E-state index in [0.717, 1.165) is 18.0 Å². The number of benzene rings is 1. The lowest BCUT2D eigenvalue weighted by atomic mass is 10.2. The van der Waals surface area contributed by atoms with E-state index in [1.165, 1.54) is 6.07 Å². The van der Waals surface area contributed by atoms with E-state index in [4.69, 9.17) is 0 Å². The topological polar surface area (TPSA) is 39.7 Å². The molecule has 0 aliphatic carbocycles. The number of halogens is 3. The van der Waals surface area contributed by atoms with Crippen LogP contribution in [0, 0.1) is 0 Å². The van der Waals surface area contributed by atoms with E-state index in [1.54, 1.807) is 11.9 Å². The van der Waals surface area contributed by atoms with Crippen LogP contribution in [0.1, 0.15) is 12.5 Å². The molecule has 1 aliphatic rings. The van der Waals surface area contributed by atoms with E-state index in [9.17, 15) is 18.0 Å². The first-order chi connectivity index (χ1) is 13.3. The van der Waals surface area contributed by atoms with Crippen molar-refractivity contribution in [3.63, 3.8) is 0 Å². The molecular weight excluding hydrogens is 369 g/mol. The van der Waals surface area contributed by atoms with Gasteiger partial charge in [-0.1, -0.05) is 18.2 Å². The molecule has 0 radical (unpaired) electrons. The number of para-hydroxylation sites is 1. The first-order valence-electron chi connectivity index (χ1n) is 9.12. The van der Waals surface area contributed by atoms with Crippen LogP contribution in [-0.2, 0) is 11.0 Å². The van der Waals surface area contributed by atoms with Gasteiger partial charge in [0.15, 0.2) is 0 Å². The highest BCUT2D eigenvalue weighted by molar-refractivity contribution is 5.96. The van der Waals surface area contributed by atoms with Gasteiger partial charge in [-0.05, 0) is 31.2 Å². The van der Waals surface area contributed by atoms with E-state index in [2.05, 4.69) is 9.88 Å². The number of piperazine rings is 1. The highest BCUT2D eigenvalue weighted by Crippen LogP contribution is 2.29. The number of carbonyl (C=O) groups is 1. The van der Waals surface area contributed by atoms with Gasteiger partial charge in [-0.25, -0.2) is 4.98 Å². The predicted molar refractivity (Wildman–Crippen MR) is 102 cm³/mol. The number of carbonyl (C=O) groups excluding carboxylic acids is 1. The SMILES string of the molecule is C[C@H](C(=O)N(C)c1ccccc1)N1CCN(c2ccc(C(F)(F)F)cn2)CC1. The van der Waals surface area contributed by atoms with E-state index in [-0.39, 0.29) is 11.9 Å². The van der Waals surface area contributed by atoms with Gasteiger partial charge in [-0.2, -0.15) is 13.2 Å². The van der Waals surface area contributed by atoms with Gasteiger partial charge in [-0.15, -0.1) is 0 Å². The summed E-state index contributed by atoms with van der Waals surface area (Å²) in [6, 6.07) is 11.6. The number of pyridine rings is 1. The third-order valence-corrected chi connectivity index (χ3v) is 5.09. The zero-order valence-corrected chi connectivity index (χ0v) is 15.9. The molecule has 5 nitrogen and oxygen atoms in total. The zero-order valence-electron chi connectivity index (χ0n) is 15.9. The monoisotopic (exact) mass is 392 g/mol. The normalized spacial score (nSPS) is 16.7. The summed E-state index contributed by atoms with van der Waals surface area (Å²) in [6.45, 7) is 4.36. The second-order valence-electron chi connectivity index (χ2n) is 6.83. The molecule has 0 unspecified atom stereocenters. The molecule has 1 aromatic carbocycles. The van der Waals surface area contributed by atoms with Gasteiger partial charge in [-0.3, -0.25) is 9.69 Å².